The van der Waals surface area contributed by atoms with Gasteiger partial charge in [0.25, 0.3) is 0 Å². The molecule has 0 radical (unpaired) electrons. The first kappa shape index (κ1) is 11.2. The zero-order chi connectivity index (χ0) is 9.23. The molecule has 0 aromatic rings. The Morgan fingerprint density at radius 1 is 1.42 bits per heavy atom. The number of nitrogens with two attached hydrogens (primary N) is 1. The van der Waals surface area contributed by atoms with Crippen LogP contribution in [0.2, 0.25) is 0 Å². The van der Waals surface area contributed by atoms with Crippen molar-refractivity contribution in [2.24, 2.45) is 5.73 Å². The van der Waals surface area contributed by atoms with E-state index in [0.717, 1.165) is 25.7 Å². The third-order valence-corrected chi connectivity index (χ3v) is 1.48. The zero-order valence-corrected chi connectivity index (χ0v) is 7.42. The SMILES string of the molecule is C=CCCCCCOC(=O)CN. The Hall–Kier alpha value is -0.830. The molecule has 2 N–H and O–H groups in total. The largest absolute Gasteiger partial charge is 0.465 e. The fourth-order valence-electron chi connectivity index (χ4n) is 0.812. The maximum atomic E-state index is 10.5. The number of carbonyl (C=O) groups excluding carboxylic acids is 1. The standard InChI is InChI=1S/C9H17NO2/c1-2-3-4-5-6-7-12-9(11)8-10/h2H,1,3-8,10H2. The predicted octanol–water partition coefficient (Wildman–Crippen LogP) is 1.23. The van der Waals surface area contributed by atoms with E-state index in [4.69, 9.17) is 10.5 Å². The summed E-state index contributed by atoms with van der Waals surface area (Å²) < 4.78 is 4.78. The normalized spacial score (nSPS) is 9.42. The average Bonchev–Trinajstić information content (AvgIpc) is 2.10. The molecular weight excluding hydrogens is 154 g/mol. The summed E-state index contributed by atoms with van der Waals surface area (Å²) in [6.07, 6.45) is 6.03. The van der Waals surface area contributed by atoms with Crippen LogP contribution in [0.15, 0.2) is 12.7 Å². The predicted molar refractivity (Wildman–Crippen MR) is 48.7 cm³/mol. The fraction of sp³-hybridized carbons (Fsp3) is 0.667. The number of carbonyl (C=O) groups is 1. The summed E-state index contributed by atoms with van der Waals surface area (Å²) in [4.78, 5) is 10.5. The number of hydrogen-bond donors (Lipinski definition) is 1. The van der Waals surface area contributed by atoms with Crippen LogP contribution in [0.5, 0.6) is 0 Å². The van der Waals surface area contributed by atoms with E-state index in [1.807, 2.05) is 6.08 Å². The van der Waals surface area contributed by atoms with Crippen molar-refractivity contribution in [3.8, 4) is 0 Å². The maximum absolute atomic E-state index is 10.5. The second kappa shape index (κ2) is 8.27. The van der Waals surface area contributed by atoms with Crippen LogP contribution in [0.4, 0.5) is 0 Å². The summed E-state index contributed by atoms with van der Waals surface area (Å²) in [5.41, 5.74) is 5.05. The van der Waals surface area contributed by atoms with Crippen molar-refractivity contribution in [3.63, 3.8) is 0 Å². The Bertz CT molecular complexity index is 134. The van der Waals surface area contributed by atoms with Crippen LogP contribution in [0.25, 0.3) is 0 Å². The lowest BCUT2D eigenvalue weighted by Crippen LogP contribution is -2.17. The van der Waals surface area contributed by atoms with Gasteiger partial charge in [0.2, 0.25) is 0 Å². The van der Waals surface area contributed by atoms with E-state index >= 15 is 0 Å². The van der Waals surface area contributed by atoms with Gasteiger partial charge in [-0.1, -0.05) is 6.08 Å². The number of allylic oxidation sites excluding steroid dienone is 1. The molecule has 0 bridgehead atoms. The highest BCUT2D eigenvalue weighted by Crippen LogP contribution is 1.99. The summed E-state index contributed by atoms with van der Waals surface area (Å²) in [6.45, 7) is 4.09. The van der Waals surface area contributed by atoms with Gasteiger partial charge in [-0.2, -0.15) is 0 Å². The second-order valence-corrected chi connectivity index (χ2v) is 2.56. The Morgan fingerprint density at radius 2 is 2.17 bits per heavy atom. The van der Waals surface area contributed by atoms with E-state index in [-0.39, 0.29) is 12.5 Å². The molecule has 3 nitrogen and oxygen atoms in total. The number of unbranched alkanes of at least 4 members (excludes halogenated alkanes) is 3. The summed E-state index contributed by atoms with van der Waals surface area (Å²) >= 11 is 0. The summed E-state index contributed by atoms with van der Waals surface area (Å²) in [5.74, 6) is -0.321. The Labute approximate surface area is 73.6 Å². The quantitative estimate of drug-likeness (QED) is 0.356. The molecule has 0 fully saturated rings. The first-order valence-electron chi connectivity index (χ1n) is 4.28. The number of rotatable bonds is 7. The summed E-state index contributed by atoms with van der Waals surface area (Å²) in [5, 5.41) is 0. The van der Waals surface area contributed by atoms with Crippen LogP contribution in [0.1, 0.15) is 25.7 Å². The van der Waals surface area contributed by atoms with E-state index in [2.05, 4.69) is 6.58 Å². The van der Waals surface area contributed by atoms with Gasteiger partial charge in [-0.15, -0.1) is 6.58 Å². The highest BCUT2D eigenvalue weighted by atomic mass is 16.5. The van der Waals surface area contributed by atoms with E-state index in [9.17, 15) is 4.79 Å². The van der Waals surface area contributed by atoms with Crippen molar-refractivity contribution in [1.82, 2.24) is 0 Å². The molecule has 0 aliphatic carbocycles. The minimum absolute atomic E-state index is 0.0212. The fourth-order valence-corrected chi connectivity index (χ4v) is 0.812. The van der Waals surface area contributed by atoms with E-state index in [1.54, 1.807) is 0 Å². The van der Waals surface area contributed by atoms with Crippen LogP contribution >= 0.6 is 0 Å². The second-order valence-electron chi connectivity index (χ2n) is 2.56. The molecule has 0 heterocycles. The molecule has 70 valence electrons. The number of hydrogen-bond acceptors (Lipinski definition) is 3. The average molecular weight is 171 g/mol. The van der Waals surface area contributed by atoms with Crippen LogP contribution in [0, 0.1) is 0 Å². The van der Waals surface area contributed by atoms with Crippen LogP contribution < -0.4 is 5.73 Å². The van der Waals surface area contributed by atoms with Gasteiger partial charge < -0.3 is 10.5 Å². The van der Waals surface area contributed by atoms with Crippen molar-refractivity contribution in [2.45, 2.75) is 25.7 Å². The molecular formula is C9H17NO2. The molecule has 0 saturated heterocycles. The number of ether oxygens (including phenoxy) is 1. The van der Waals surface area contributed by atoms with Crippen molar-refractivity contribution in [1.29, 1.82) is 0 Å². The minimum Gasteiger partial charge on any atom is -0.465 e. The highest BCUT2D eigenvalue weighted by molar-refractivity contribution is 5.71. The molecule has 0 aromatic carbocycles. The zero-order valence-electron chi connectivity index (χ0n) is 7.42. The topological polar surface area (TPSA) is 52.3 Å². The van der Waals surface area contributed by atoms with Gasteiger partial charge in [0.15, 0.2) is 0 Å². The molecule has 3 heteroatoms. The lowest BCUT2D eigenvalue weighted by molar-refractivity contribution is -0.142. The van der Waals surface area contributed by atoms with Crippen LogP contribution in [-0.4, -0.2) is 19.1 Å². The molecule has 0 aliphatic rings. The molecule has 0 aromatic heterocycles. The van der Waals surface area contributed by atoms with Crippen molar-refractivity contribution >= 4 is 5.97 Å². The Kier molecular flexibility index (Phi) is 7.70. The van der Waals surface area contributed by atoms with E-state index < -0.39 is 0 Å². The lowest BCUT2D eigenvalue weighted by Gasteiger charge is -2.01. The molecule has 0 amide bonds. The molecule has 12 heavy (non-hydrogen) atoms. The summed E-state index contributed by atoms with van der Waals surface area (Å²) in [6, 6.07) is 0. The molecule has 0 saturated carbocycles. The molecule has 0 atom stereocenters. The third kappa shape index (κ3) is 7.28. The van der Waals surface area contributed by atoms with E-state index in [1.165, 1.54) is 0 Å². The first-order valence-corrected chi connectivity index (χ1v) is 4.28. The molecule has 0 unspecified atom stereocenters. The summed E-state index contributed by atoms with van der Waals surface area (Å²) in [7, 11) is 0. The van der Waals surface area contributed by atoms with Gasteiger partial charge in [0.05, 0.1) is 13.2 Å². The smallest absolute Gasteiger partial charge is 0.319 e. The highest BCUT2D eigenvalue weighted by Gasteiger charge is 1.96. The first-order chi connectivity index (χ1) is 5.81. The van der Waals surface area contributed by atoms with E-state index in [0.29, 0.717) is 6.61 Å². The Morgan fingerprint density at radius 3 is 2.75 bits per heavy atom. The van der Waals surface area contributed by atoms with Gasteiger partial charge in [0, 0.05) is 0 Å². The van der Waals surface area contributed by atoms with Gasteiger partial charge in [-0.05, 0) is 25.7 Å². The van der Waals surface area contributed by atoms with Crippen LogP contribution in [-0.2, 0) is 9.53 Å². The van der Waals surface area contributed by atoms with Crippen molar-refractivity contribution in [2.75, 3.05) is 13.2 Å². The van der Waals surface area contributed by atoms with Gasteiger partial charge in [0.1, 0.15) is 0 Å². The molecule has 0 spiro atoms. The Balaban J connectivity index is 3.00. The minimum atomic E-state index is -0.321. The number of esters is 1. The van der Waals surface area contributed by atoms with Gasteiger partial charge in [-0.25, -0.2) is 0 Å². The maximum Gasteiger partial charge on any atom is 0.319 e. The molecule has 0 aliphatic heterocycles. The lowest BCUT2D eigenvalue weighted by atomic mass is 10.2. The van der Waals surface area contributed by atoms with Crippen LogP contribution in [0.3, 0.4) is 0 Å². The van der Waals surface area contributed by atoms with Gasteiger partial charge in [-0.3, -0.25) is 4.79 Å². The van der Waals surface area contributed by atoms with Gasteiger partial charge >= 0.3 is 5.97 Å². The van der Waals surface area contributed by atoms with Crippen molar-refractivity contribution < 1.29 is 9.53 Å². The monoisotopic (exact) mass is 171 g/mol. The third-order valence-electron chi connectivity index (χ3n) is 1.48. The van der Waals surface area contributed by atoms with Crippen molar-refractivity contribution in [3.05, 3.63) is 12.7 Å². The molecule has 0 rings (SSSR count).